The second-order valence-corrected chi connectivity index (χ2v) is 9.08. The zero-order valence-electron chi connectivity index (χ0n) is 17.2. The maximum Gasteiger partial charge on any atom is 0.225 e. The van der Waals surface area contributed by atoms with Gasteiger partial charge in [0.1, 0.15) is 5.82 Å². The van der Waals surface area contributed by atoms with Crippen molar-refractivity contribution < 1.29 is 4.79 Å². The Morgan fingerprint density at radius 2 is 1.90 bits per heavy atom. The Hall–Kier alpha value is -2.11. The molecule has 1 unspecified atom stereocenters. The number of hydrogen-bond acceptors (Lipinski definition) is 4. The van der Waals surface area contributed by atoms with Crippen LogP contribution in [0.4, 0.5) is 11.5 Å². The molecule has 6 heteroatoms. The first kappa shape index (κ1) is 20.2. The van der Waals surface area contributed by atoms with Crippen molar-refractivity contribution in [1.82, 2.24) is 9.88 Å². The topological polar surface area (TPSA) is 48.5 Å². The Morgan fingerprint density at radius 3 is 2.52 bits per heavy atom. The van der Waals surface area contributed by atoms with Gasteiger partial charge in [-0.15, -0.1) is 0 Å². The Kier molecular flexibility index (Phi) is 5.79. The van der Waals surface area contributed by atoms with E-state index in [1.54, 1.807) is 6.20 Å². The summed E-state index contributed by atoms with van der Waals surface area (Å²) in [5.74, 6) is 1.11. The molecule has 29 heavy (non-hydrogen) atoms. The summed E-state index contributed by atoms with van der Waals surface area (Å²) in [7, 11) is 2.14. The third-order valence-electron chi connectivity index (χ3n) is 6.41. The molecule has 1 saturated heterocycles. The van der Waals surface area contributed by atoms with Crippen LogP contribution >= 0.6 is 11.6 Å². The monoisotopic (exact) mass is 412 g/mol. The summed E-state index contributed by atoms with van der Waals surface area (Å²) in [5, 5.41) is 3.77. The van der Waals surface area contributed by atoms with Crippen LogP contribution in [0.15, 0.2) is 42.6 Å². The normalized spacial score (nSPS) is 19.6. The highest BCUT2D eigenvalue weighted by atomic mass is 35.5. The second kappa shape index (κ2) is 8.33. The van der Waals surface area contributed by atoms with E-state index in [4.69, 9.17) is 11.6 Å². The standard InChI is InChI=1S/C23H29ClN4O/c1-23(9-10-23)19(18-5-3-4-6-20(18)24)15-22(29)26-17-7-8-21(25-16-17)28-13-11-27(2)12-14-28/h3-8,16,19H,9-15H2,1-2H3,(H,26,29). The molecule has 1 aromatic carbocycles. The fourth-order valence-corrected chi connectivity index (χ4v) is 4.38. The predicted octanol–water partition coefficient (Wildman–Crippen LogP) is 4.40. The van der Waals surface area contributed by atoms with Crippen molar-refractivity contribution in [3.8, 4) is 0 Å². The maximum atomic E-state index is 12.8. The number of carbonyl (C=O) groups is 1. The number of likely N-dealkylation sites (N-methyl/N-ethyl adjacent to an activating group) is 1. The van der Waals surface area contributed by atoms with Crippen LogP contribution in [0.2, 0.25) is 5.02 Å². The van der Waals surface area contributed by atoms with E-state index in [1.165, 1.54) is 0 Å². The predicted molar refractivity (Wildman–Crippen MR) is 119 cm³/mol. The lowest BCUT2D eigenvalue weighted by atomic mass is 9.82. The first-order valence-electron chi connectivity index (χ1n) is 10.4. The van der Waals surface area contributed by atoms with E-state index in [1.807, 2.05) is 30.3 Å². The van der Waals surface area contributed by atoms with Gasteiger partial charge in [0.25, 0.3) is 0 Å². The van der Waals surface area contributed by atoms with Gasteiger partial charge in [0.15, 0.2) is 0 Å². The Morgan fingerprint density at radius 1 is 1.17 bits per heavy atom. The first-order chi connectivity index (χ1) is 13.9. The zero-order chi connectivity index (χ0) is 20.4. The summed E-state index contributed by atoms with van der Waals surface area (Å²) in [6.07, 6.45) is 4.46. The van der Waals surface area contributed by atoms with Gasteiger partial charge in [0.2, 0.25) is 5.91 Å². The van der Waals surface area contributed by atoms with Gasteiger partial charge in [-0.1, -0.05) is 36.7 Å². The number of anilines is 2. The van der Waals surface area contributed by atoms with E-state index in [2.05, 4.69) is 40.1 Å². The molecule has 1 N–H and O–H groups in total. The summed E-state index contributed by atoms with van der Waals surface area (Å²) < 4.78 is 0. The number of aromatic nitrogens is 1. The van der Waals surface area contributed by atoms with E-state index < -0.39 is 0 Å². The van der Waals surface area contributed by atoms with E-state index in [0.29, 0.717) is 6.42 Å². The number of benzene rings is 1. The first-order valence-corrected chi connectivity index (χ1v) is 10.8. The lowest BCUT2D eigenvalue weighted by Gasteiger charge is -2.33. The van der Waals surface area contributed by atoms with Crippen LogP contribution in [0.25, 0.3) is 0 Å². The molecule has 2 aliphatic rings. The van der Waals surface area contributed by atoms with Crippen LogP contribution < -0.4 is 10.2 Å². The summed E-state index contributed by atoms with van der Waals surface area (Å²) in [6.45, 7) is 6.30. The van der Waals surface area contributed by atoms with Crippen molar-refractivity contribution in [3.63, 3.8) is 0 Å². The van der Waals surface area contributed by atoms with Crippen LogP contribution in [0.1, 0.15) is 37.7 Å². The Bertz CT molecular complexity index is 857. The van der Waals surface area contributed by atoms with Gasteiger partial charge in [-0.3, -0.25) is 4.79 Å². The van der Waals surface area contributed by atoms with Gasteiger partial charge in [0.05, 0.1) is 11.9 Å². The number of carbonyl (C=O) groups excluding carboxylic acids is 1. The number of piperazine rings is 1. The summed E-state index contributed by atoms with van der Waals surface area (Å²) in [4.78, 5) is 22.0. The summed E-state index contributed by atoms with van der Waals surface area (Å²) in [6, 6.07) is 11.8. The Balaban J connectivity index is 1.40. The average Bonchev–Trinajstić information content (AvgIpc) is 3.46. The summed E-state index contributed by atoms with van der Waals surface area (Å²) in [5.41, 5.74) is 1.98. The minimum Gasteiger partial charge on any atom is -0.354 e. The molecule has 1 saturated carbocycles. The lowest BCUT2D eigenvalue weighted by molar-refractivity contribution is -0.116. The molecule has 0 bridgehead atoms. The summed E-state index contributed by atoms with van der Waals surface area (Å²) >= 11 is 6.45. The average molecular weight is 413 g/mol. The van der Waals surface area contributed by atoms with Crippen LogP contribution in [0.5, 0.6) is 0 Å². The number of pyridine rings is 1. The largest absolute Gasteiger partial charge is 0.354 e. The highest BCUT2D eigenvalue weighted by Gasteiger charge is 2.46. The molecule has 1 amide bonds. The second-order valence-electron chi connectivity index (χ2n) is 8.68. The molecule has 2 fully saturated rings. The van der Waals surface area contributed by atoms with E-state index in [0.717, 1.165) is 61.1 Å². The molecule has 2 aromatic rings. The van der Waals surface area contributed by atoms with Gasteiger partial charge in [-0.2, -0.15) is 0 Å². The molecule has 4 rings (SSSR count). The van der Waals surface area contributed by atoms with Gasteiger partial charge in [-0.05, 0) is 55.0 Å². The van der Waals surface area contributed by atoms with E-state index >= 15 is 0 Å². The number of halogens is 1. The van der Waals surface area contributed by atoms with Crippen molar-refractivity contribution in [2.45, 2.75) is 32.1 Å². The van der Waals surface area contributed by atoms with Crippen molar-refractivity contribution in [3.05, 3.63) is 53.2 Å². The maximum absolute atomic E-state index is 12.8. The van der Waals surface area contributed by atoms with Gasteiger partial charge in [-0.25, -0.2) is 4.98 Å². The molecule has 5 nitrogen and oxygen atoms in total. The van der Waals surface area contributed by atoms with Crippen LogP contribution in [0, 0.1) is 5.41 Å². The Labute approximate surface area is 178 Å². The van der Waals surface area contributed by atoms with Crippen LogP contribution in [-0.4, -0.2) is 49.0 Å². The van der Waals surface area contributed by atoms with Crippen molar-refractivity contribution >= 4 is 29.0 Å². The third-order valence-corrected chi connectivity index (χ3v) is 6.75. The van der Waals surface area contributed by atoms with Crippen molar-refractivity contribution in [2.75, 3.05) is 43.4 Å². The quantitative estimate of drug-likeness (QED) is 0.763. The molecule has 1 atom stereocenters. The van der Waals surface area contributed by atoms with Crippen LogP contribution in [-0.2, 0) is 4.79 Å². The molecule has 2 heterocycles. The number of nitrogens with zero attached hydrogens (tertiary/aromatic N) is 3. The number of nitrogens with one attached hydrogen (secondary N) is 1. The van der Waals surface area contributed by atoms with Crippen LogP contribution in [0.3, 0.4) is 0 Å². The highest BCUT2D eigenvalue weighted by Crippen LogP contribution is 2.57. The molecule has 154 valence electrons. The van der Waals surface area contributed by atoms with E-state index in [-0.39, 0.29) is 17.2 Å². The fraction of sp³-hybridized carbons (Fsp3) is 0.478. The van der Waals surface area contributed by atoms with Crippen molar-refractivity contribution in [2.24, 2.45) is 5.41 Å². The van der Waals surface area contributed by atoms with Gasteiger partial charge >= 0.3 is 0 Å². The van der Waals surface area contributed by atoms with Gasteiger partial charge < -0.3 is 15.1 Å². The number of amides is 1. The van der Waals surface area contributed by atoms with Gasteiger partial charge in [0, 0.05) is 37.6 Å². The molecule has 1 aliphatic carbocycles. The molecule has 0 spiro atoms. The molecular weight excluding hydrogens is 384 g/mol. The number of rotatable bonds is 6. The lowest BCUT2D eigenvalue weighted by Crippen LogP contribution is -2.44. The smallest absolute Gasteiger partial charge is 0.225 e. The third kappa shape index (κ3) is 4.73. The molecule has 1 aliphatic heterocycles. The minimum absolute atomic E-state index is 0.0113. The number of hydrogen-bond donors (Lipinski definition) is 1. The highest BCUT2D eigenvalue weighted by molar-refractivity contribution is 6.31. The minimum atomic E-state index is 0.0113. The van der Waals surface area contributed by atoms with Crippen molar-refractivity contribution in [1.29, 1.82) is 0 Å². The fourth-order valence-electron chi connectivity index (χ4n) is 4.12. The van der Waals surface area contributed by atoms with E-state index in [9.17, 15) is 4.79 Å². The zero-order valence-corrected chi connectivity index (χ0v) is 18.0. The SMILES string of the molecule is CN1CCN(c2ccc(NC(=O)CC(c3ccccc3Cl)C3(C)CC3)cn2)CC1. The molecule has 0 radical (unpaired) electrons. The molecule has 1 aromatic heterocycles. The molecular formula is C23H29ClN4O.